The minimum absolute atomic E-state index is 0.0518. The van der Waals surface area contributed by atoms with Crippen LogP contribution in [0.3, 0.4) is 0 Å². The van der Waals surface area contributed by atoms with Gasteiger partial charge in [-0.1, -0.05) is 13.8 Å². The van der Waals surface area contributed by atoms with E-state index in [1.54, 1.807) is 13.8 Å². The molecule has 7 heteroatoms. The third kappa shape index (κ3) is 4.81. The van der Waals surface area contributed by atoms with E-state index < -0.39 is 33.5 Å². The van der Waals surface area contributed by atoms with Crippen molar-refractivity contribution >= 4 is 21.7 Å². The molecule has 1 atom stereocenters. The number of hydrogen-bond donors (Lipinski definition) is 1. The Bertz CT molecular complexity index is 453. The SMILES string of the molecule is CC(C)CS(=O)(=O)CC(=O)N(C1CC1)C(C)C(=O)O. The van der Waals surface area contributed by atoms with Gasteiger partial charge in [0.1, 0.15) is 11.8 Å². The van der Waals surface area contributed by atoms with Gasteiger partial charge in [0.05, 0.1) is 5.75 Å². The molecule has 0 aromatic carbocycles. The van der Waals surface area contributed by atoms with Gasteiger partial charge in [-0.25, -0.2) is 13.2 Å². The highest BCUT2D eigenvalue weighted by Gasteiger charge is 2.39. The number of rotatable bonds is 7. The molecular formula is C12H21NO5S. The molecule has 1 aliphatic carbocycles. The number of sulfone groups is 1. The molecule has 1 amide bonds. The zero-order chi connectivity index (χ0) is 14.8. The van der Waals surface area contributed by atoms with Gasteiger partial charge in [0.25, 0.3) is 0 Å². The second-order valence-corrected chi connectivity index (χ2v) is 7.60. The van der Waals surface area contributed by atoms with Crippen LogP contribution in [0.2, 0.25) is 0 Å². The first-order chi connectivity index (χ1) is 8.64. The summed E-state index contributed by atoms with van der Waals surface area (Å²) in [6, 6.07) is -1.10. The fraction of sp³-hybridized carbons (Fsp3) is 0.833. The van der Waals surface area contributed by atoms with Gasteiger partial charge >= 0.3 is 5.97 Å². The number of carboxylic acids is 1. The molecule has 19 heavy (non-hydrogen) atoms. The van der Waals surface area contributed by atoms with Gasteiger partial charge in [0, 0.05) is 6.04 Å². The second-order valence-electron chi connectivity index (χ2n) is 5.49. The maximum absolute atomic E-state index is 12.1. The number of carbonyl (C=O) groups excluding carboxylic acids is 1. The van der Waals surface area contributed by atoms with Crippen LogP contribution in [-0.2, 0) is 19.4 Å². The standard InChI is InChI=1S/C12H21NO5S/c1-8(2)6-19(17,18)7-11(14)13(10-4-5-10)9(3)12(15)16/h8-10H,4-7H2,1-3H3,(H,15,16). The Labute approximate surface area is 113 Å². The number of hydrogen-bond acceptors (Lipinski definition) is 4. The Morgan fingerprint density at radius 1 is 1.26 bits per heavy atom. The summed E-state index contributed by atoms with van der Waals surface area (Å²) < 4.78 is 23.6. The first-order valence-corrected chi connectivity index (χ1v) is 8.20. The highest BCUT2D eigenvalue weighted by molar-refractivity contribution is 7.92. The first-order valence-electron chi connectivity index (χ1n) is 6.38. The molecule has 1 fully saturated rings. The highest BCUT2D eigenvalue weighted by atomic mass is 32.2. The van der Waals surface area contributed by atoms with Gasteiger partial charge in [-0.3, -0.25) is 4.79 Å². The van der Waals surface area contributed by atoms with Crippen molar-refractivity contribution in [3.05, 3.63) is 0 Å². The molecule has 0 aromatic rings. The molecule has 1 N–H and O–H groups in total. The van der Waals surface area contributed by atoms with E-state index in [9.17, 15) is 18.0 Å². The third-order valence-electron chi connectivity index (χ3n) is 2.93. The van der Waals surface area contributed by atoms with Gasteiger partial charge in [0.2, 0.25) is 5.91 Å². The van der Waals surface area contributed by atoms with E-state index in [0.717, 1.165) is 12.8 Å². The molecule has 0 heterocycles. The van der Waals surface area contributed by atoms with Crippen LogP contribution < -0.4 is 0 Å². The van der Waals surface area contributed by atoms with Crippen LogP contribution in [0.25, 0.3) is 0 Å². The lowest BCUT2D eigenvalue weighted by atomic mass is 10.2. The van der Waals surface area contributed by atoms with Gasteiger partial charge in [-0.2, -0.15) is 0 Å². The molecular weight excluding hydrogens is 270 g/mol. The van der Waals surface area contributed by atoms with Gasteiger partial charge in [0.15, 0.2) is 9.84 Å². The molecule has 6 nitrogen and oxygen atoms in total. The molecule has 0 saturated heterocycles. The molecule has 110 valence electrons. The molecule has 1 aliphatic rings. The summed E-state index contributed by atoms with van der Waals surface area (Å²) >= 11 is 0. The number of amides is 1. The highest BCUT2D eigenvalue weighted by Crippen LogP contribution is 2.29. The van der Waals surface area contributed by atoms with E-state index in [4.69, 9.17) is 5.11 Å². The Balaban J connectivity index is 2.76. The Kier molecular flexibility index (Phi) is 4.95. The topological polar surface area (TPSA) is 91.8 Å². The van der Waals surface area contributed by atoms with E-state index in [0.29, 0.717) is 0 Å². The van der Waals surface area contributed by atoms with Crippen molar-refractivity contribution in [3.63, 3.8) is 0 Å². The van der Waals surface area contributed by atoms with Crippen LogP contribution in [0.5, 0.6) is 0 Å². The Morgan fingerprint density at radius 2 is 1.79 bits per heavy atom. The molecule has 0 bridgehead atoms. The molecule has 1 saturated carbocycles. The predicted octanol–water partition coefficient (Wildman–Crippen LogP) is 0.521. The minimum Gasteiger partial charge on any atom is -0.480 e. The summed E-state index contributed by atoms with van der Waals surface area (Å²) in [5.41, 5.74) is 0. The lowest BCUT2D eigenvalue weighted by molar-refractivity contribution is -0.149. The first kappa shape index (κ1) is 15.9. The van der Waals surface area contributed by atoms with Crippen LogP contribution in [0.1, 0.15) is 33.6 Å². The maximum Gasteiger partial charge on any atom is 0.326 e. The minimum atomic E-state index is -3.47. The summed E-state index contributed by atoms with van der Waals surface area (Å²) in [6.45, 7) is 4.94. The fourth-order valence-corrected chi connectivity index (χ4v) is 3.70. The summed E-state index contributed by atoms with van der Waals surface area (Å²) in [5, 5.41) is 8.98. The van der Waals surface area contributed by atoms with E-state index in [1.165, 1.54) is 11.8 Å². The Morgan fingerprint density at radius 3 is 2.16 bits per heavy atom. The Hall–Kier alpha value is -1.11. The third-order valence-corrected chi connectivity index (χ3v) is 4.79. The van der Waals surface area contributed by atoms with Crippen LogP contribution in [0.15, 0.2) is 0 Å². The summed E-state index contributed by atoms with van der Waals surface area (Å²) in [7, 11) is -3.47. The summed E-state index contributed by atoms with van der Waals surface area (Å²) in [6.07, 6.45) is 1.49. The van der Waals surface area contributed by atoms with Crippen LogP contribution >= 0.6 is 0 Å². The molecule has 0 radical (unpaired) electrons. The van der Waals surface area contributed by atoms with Crippen molar-refractivity contribution < 1.29 is 23.1 Å². The molecule has 0 aromatic heterocycles. The largest absolute Gasteiger partial charge is 0.480 e. The van der Waals surface area contributed by atoms with Crippen molar-refractivity contribution in [3.8, 4) is 0 Å². The van der Waals surface area contributed by atoms with E-state index in [-0.39, 0.29) is 17.7 Å². The lowest BCUT2D eigenvalue weighted by Gasteiger charge is -2.26. The average molecular weight is 291 g/mol. The maximum atomic E-state index is 12.1. The predicted molar refractivity (Wildman–Crippen MR) is 70.5 cm³/mol. The van der Waals surface area contributed by atoms with Crippen molar-refractivity contribution in [2.24, 2.45) is 5.92 Å². The van der Waals surface area contributed by atoms with E-state index >= 15 is 0 Å². The van der Waals surface area contributed by atoms with Gasteiger partial charge in [-0.05, 0) is 25.7 Å². The lowest BCUT2D eigenvalue weighted by Crippen LogP contribution is -2.47. The second kappa shape index (κ2) is 5.90. The van der Waals surface area contributed by atoms with Crippen molar-refractivity contribution in [2.45, 2.75) is 45.7 Å². The molecule has 1 unspecified atom stereocenters. The average Bonchev–Trinajstić information content (AvgIpc) is 2.98. The molecule has 0 aliphatic heterocycles. The monoisotopic (exact) mass is 291 g/mol. The number of carboxylic acid groups (broad SMARTS) is 1. The van der Waals surface area contributed by atoms with Crippen LogP contribution in [0, 0.1) is 5.92 Å². The van der Waals surface area contributed by atoms with Crippen molar-refractivity contribution in [1.82, 2.24) is 4.90 Å². The number of aliphatic carboxylic acids is 1. The van der Waals surface area contributed by atoms with Crippen molar-refractivity contribution in [1.29, 1.82) is 0 Å². The fourth-order valence-electron chi connectivity index (χ4n) is 2.04. The van der Waals surface area contributed by atoms with Crippen LogP contribution in [-0.4, -0.2) is 53.9 Å². The number of carbonyl (C=O) groups is 2. The van der Waals surface area contributed by atoms with Gasteiger partial charge < -0.3 is 10.0 Å². The summed E-state index contributed by atoms with van der Waals surface area (Å²) in [4.78, 5) is 24.2. The van der Waals surface area contributed by atoms with E-state index in [2.05, 4.69) is 0 Å². The van der Waals surface area contributed by atoms with Crippen LogP contribution in [0.4, 0.5) is 0 Å². The smallest absolute Gasteiger partial charge is 0.326 e. The zero-order valence-electron chi connectivity index (χ0n) is 11.5. The zero-order valence-corrected chi connectivity index (χ0v) is 12.3. The van der Waals surface area contributed by atoms with Gasteiger partial charge in [-0.15, -0.1) is 0 Å². The molecule has 1 rings (SSSR count). The summed E-state index contributed by atoms with van der Waals surface area (Å²) in [5.74, 6) is -2.42. The quantitative estimate of drug-likeness (QED) is 0.738. The normalized spacial score (nSPS) is 17.3. The van der Waals surface area contributed by atoms with Crippen molar-refractivity contribution in [2.75, 3.05) is 11.5 Å². The van der Waals surface area contributed by atoms with E-state index in [1.807, 2.05) is 0 Å². The number of nitrogens with zero attached hydrogens (tertiary/aromatic N) is 1. The molecule has 0 spiro atoms.